The molecule has 0 aliphatic rings. The van der Waals surface area contributed by atoms with Gasteiger partial charge in [-0.25, -0.2) is 13.1 Å². The predicted molar refractivity (Wildman–Crippen MR) is 69.1 cm³/mol. The third kappa shape index (κ3) is 8.07. The van der Waals surface area contributed by atoms with Gasteiger partial charge < -0.3 is 4.90 Å². The predicted octanol–water partition coefficient (Wildman–Crippen LogP) is 1.44. The molecule has 0 aromatic rings. The summed E-state index contributed by atoms with van der Waals surface area (Å²) in [5.74, 6) is 0.235. The summed E-state index contributed by atoms with van der Waals surface area (Å²) in [4.78, 5) is 2.26. The zero-order chi connectivity index (χ0) is 12.6. The zero-order valence-corrected chi connectivity index (χ0v) is 11.8. The van der Waals surface area contributed by atoms with Crippen LogP contribution in [0.2, 0.25) is 0 Å². The van der Waals surface area contributed by atoms with Crippen molar-refractivity contribution in [2.75, 3.05) is 25.9 Å². The highest BCUT2D eigenvalue weighted by Crippen LogP contribution is 1.98. The van der Waals surface area contributed by atoms with Crippen molar-refractivity contribution < 1.29 is 8.42 Å². The average molecular weight is 250 g/mol. The van der Waals surface area contributed by atoms with Crippen molar-refractivity contribution >= 4 is 10.0 Å². The fourth-order valence-corrected chi connectivity index (χ4v) is 2.45. The summed E-state index contributed by atoms with van der Waals surface area (Å²) in [5, 5.41) is 0. The molecule has 0 aliphatic carbocycles. The average Bonchev–Trinajstić information content (AvgIpc) is 2.16. The molecule has 0 saturated heterocycles. The molecule has 0 heterocycles. The van der Waals surface area contributed by atoms with E-state index in [9.17, 15) is 8.42 Å². The van der Waals surface area contributed by atoms with Gasteiger partial charge in [-0.1, -0.05) is 6.92 Å². The first-order valence-electron chi connectivity index (χ1n) is 6.06. The molecule has 98 valence electrons. The van der Waals surface area contributed by atoms with Gasteiger partial charge in [-0.3, -0.25) is 0 Å². The van der Waals surface area contributed by atoms with Gasteiger partial charge in [0.05, 0.1) is 5.75 Å². The maximum atomic E-state index is 11.3. The molecule has 0 atom stereocenters. The summed E-state index contributed by atoms with van der Waals surface area (Å²) in [6.45, 7) is 7.77. The lowest BCUT2D eigenvalue weighted by Crippen LogP contribution is -2.29. The van der Waals surface area contributed by atoms with Crippen LogP contribution in [0.25, 0.3) is 0 Å². The molecule has 0 bridgehead atoms. The first-order chi connectivity index (χ1) is 7.39. The highest BCUT2D eigenvalue weighted by atomic mass is 32.2. The van der Waals surface area contributed by atoms with Crippen molar-refractivity contribution in [1.29, 1.82) is 0 Å². The molecular formula is C11H26N2O2S. The quantitative estimate of drug-likeness (QED) is 0.630. The second-order valence-electron chi connectivity index (χ2n) is 4.49. The van der Waals surface area contributed by atoms with Crippen LogP contribution in [0.4, 0.5) is 0 Å². The third-order valence-electron chi connectivity index (χ3n) is 2.61. The minimum absolute atomic E-state index is 0.235. The SMILES string of the molecule is CCCS(=O)(=O)NCCCCN(C)C(C)C. The molecule has 16 heavy (non-hydrogen) atoms. The lowest BCUT2D eigenvalue weighted by atomic mass is 10.2. The fourth-order valence-electron chi connectivity index (χ4n) is 1.31. The Hall–Kier alpha value is -0.130. The van der Waals surface area contributed by atoms with Crippen LogP contribution in [-0.2, 0) is 10.0 Å². The topological polar surface area (TPSA) is 49.4 Å². The van der Waals surface area contributed by atoms with Crippen molar-refractivity contribution in [2.45, 2.75) is 46.1 Å². The van der Waals surface area contributed by atoms with Crippen LogP contribution in [0.5, 0.6) is 0 Å². The van der Waals surface area contributed by atoms with Crippen LogP contribution >= 0.6 is 0 Å². The molecule has 0 aromatic carbocycles. The number of nitrogens with zero attached hydrogens (tertiary/aromatic N) is 1. The molecule has 0 rings (SSSR count). The van der Waals surface area contributed by atoms with Crippen LogP contribution in [0, 0.1) is 0 Å². The minimum atomic E-state index is -3.01. The molecule has 0 spiro atoms. The van der Waals surface area contributed by atoms with Gasteiger partial charge in [0.1, 0.15) is 0 Å². The standard InChI is InChI=1S/C11H26N2O2S/c1-5-10-16(14,15)12-8-6-7-9-13(4)11(2)3/h11-12H,5-10H2,1-4H3. The van der Waals surface area contributed by atoms with Gasteiger partial charge in [0.25, 0.3) is 0 Å². The highest BCUT2D eigenvalue weighted by molar-refractivity contribution is 7.89. The van der Waals surface area contributed by atoms with Crippen molar-refractivity contribution in [3.8, 4) is 0 Å². The molecule has 5 heteroatoms. The molecule has 0 unspecified atom stereocenters. The smallest absolute Gasteiger partial charge is 0.211 e. The van der Waals surface area contributed by atoms with Crippen LogP contribution < -0.4 is 4.72 Å². The molecular weight excluding hydrogens is 224 g/mol. The molecule has 0 aromatic heterocycles. The number of sulfonamides is 1. The van der Waals surface area contributed by atoms with E-state index in [1.165, 1.54) is 0 Å². The molecule has 0 amide bonds. The van der Waals surface area contributed by atoms with Crippen molar-refractivity contribution in [2.24, 2.45) is 0 Å². The molecule has 4 nitrogen and oxygen atoms in total. The first-order valence-corrected chi connectivity index (χ1v) is 7.72. The number of rotatable bonds is 9. The van der Waals surface area contributed by atoms with Gasteiger partial charge in [-0.2, -0.15) is 0 Å². The van der Waals surface area contributed by atoms with Gasteiger partial charge in [-0.15, -0.1) is 0 Å². The van der Waals surface area contributed by atoms with Crippen LogP contribution in [0.1, 0.15) is 40.0 Å². The van der Waals surface area contributed by atoms with Gasteiger partial charge in [0.15, 0.2) is 0 Å². The van der Waals surface area contributed by atoms with E-state index in [0.29, 0.717) is 19.0 Å². The van der Waals surface area contributed by atoms with E-state index in [-0.39, 0.29) is 5.75 Å². The van der Waals surface area contributed by atoms with E-state index in [1.54, 1.807) is 0 Å². The fraction of sp³-hybridized carbons (Fsp3) is 1.00. The van der Waals surface area contributed by atoms with Crippen LogP contribution in [-0.4, -0.2) is 45.2 Å². The van der Waals surface area contributed by atoms with Crippen molar-refractivity contribution in [3.63, 3.8) is 0 Å². The van der Waals surface area contributed by atoms with E-state index < -0.39 is 10.0 Å². The second kappa shape index (κ2) is 8.03. The Morgan fingerprint density at radius 1 is 1.25 bits per heavy atom. The number of hydrogen-bond acceptors (Lipinski definition) is 3. The first kappa shape index (κ1) is 15.9. The molecule has 0 saturated carbocycles. The molecule has 0 fully saturated rings. The van der Waals surface area contributed by atoms with Crippen LogP contribution in [0.3, 0.4) is 0 Å². The Labute approximate surface area is 100 Å². The maximum absolute atomic E-state index is 11.3. The Morgan fingerprint density at radius 3 is 2.38 bits per heavy atom. The van der Waals surface area contributed by atoms with E-state index in [0.717, 1.165) is 19.4 Å². The summed E-state index contributed by atoms with van der Waals surface area (Å²) < 4.78 is 25.2. The highest BCUT2D eigenvalue weighted by Gasteiger charge is 2.07. The summed E-state index contributed by atoms with van der Waals surface area (Å²) >= 11 is 0. The van der Waals surface area contributed by atoms with Crippen LogP contribution in [0.15, 0.2) is 0 Å². The van der Waals surface area contributed by atoms with E-state index >= 15 is 0 Å². The van der Waals surface area contributed by atoms with E-state index in [1.807, 2.05) is 6.92 Å². The number of hydrogen-bond donors (Lipinski definition) is 1. The van der Waals surface area contributed by atoms with Crippen molar-refractivity contribution in [3.05, 3.63) is 0 Å². The van der Waals surface area contributed by atoms with Gasteiger partial charge in [0.2, 0.25) is 10.0 Å². The largest absolute Gasteiger partial charge is 0.304 e. The Bertz CT molecular complexity index is 263. The third-order valence-corrected chi connectivity index (χ3v) is 4.20. The number of unbranched alkanes of at least 4 members (excludes halogenated alkanes) is 1. The lowest BCUT2D eigenvalue weighted by Gasteiger charge is -2.20. The zero-order valence-electron chi connectivity index (χ0n) is 11.0. The van der Waals surface area contributed by atoms with E-state index in [2.05, 4.69) is 30.5 Å². The monoisotopic (exact) mass is 250 g/mol. The molecule has 1 N–H and O–H groups in total. The second-order valence-corrected chi connectivity index (χ2v) is 6.42. The summed E-state index contributed by atoms with van der Waals surface area (Å²) in [6, 6.07) is 0.553. The Kier molecular flexibility index (Phi) is 7.97. The van der Waals surface area contributed by atoms with Crippen molar-refractivity contribution in [1.82, 2.24) is 9.62 Å². The number of nitrogens with one attached hydrogen (secondary N) is 1. The van der Waals surface area contributed by atoms with E-state index in [4.69, 9.17) is 0 Å². The molecule has 0 aliphatic heterocycles. The maximum Gasteiger partial charge on any atom is 0.211 e. The summed E-state index contributed by atoms with van der Waals surface area (Å²) in [6.07, 6.45) is 2.61. The Balaban J connectivity index is 3.54. The van der Waals surface area contributed by atoms with Gasteiger partial charge in [-0.05, 0) is 46.7 Å². The Morgan fingerprint density at radius 2 is 1.88 bits per heavy atom. The van der Waals surface area contributed by atoms with Gasteiger partial charge >= 0.3 is 0 Å². The lowest BCUT2D eigenvalue weighted by molar-refractivity contribution is 0.268. The minimum Gasteiger partial charge on any atom is -0.304 e. The molecule has 0 radical (unpaired) electrons. The summed E-state index contributed by atoms with van der Waals surface area (Å²) in [5.41, 5.74) is 0. The normalized spacial score (nSPS) is 12.6. The van der Waals surface area contributed by atoms with Gasteiger partial charge in [0, 0.05) is 12.6 Å². The summed E-state index contributed by atoms with van der Waals surface area (Å²) in [7, 11) is -0.923.